The van der Waals surface area contributed by atoms with Crippen LogP contribution in [0.1, 0.15) is 16.9 Å². The van der Waals surface area contributed by atoms with Crippen LogP contribution in [0.3, 0.4) is 0 Å². The third-order valence-corrected chi connectivity index (χ3v) is 5.97. The van der Waals surface area contributed by atoms with Crippen molar-refractivity contribution in [2.45, 2.75) is 6.42 Å². The van der Waals surface area contributed by atoms with Crippen molar-refractivity contribution in [3.8, 4) is 22.0 Å². The average Bonchev–Trinajstić information content (AvgIpc) is 3.47. The highest BCUT2D eigenvalue weighted by Gasteiger charge is 2.18. The molecule has 0 aliphatic carbocycles. The number of thiophene rings is 1. The van der Waals surface area contributed by atoms with E-state index in [1.54, 1.807) is 23.1 Å². The average molecular weight is 427 g/mol. The van der Waals surface area contributed by atoms with E-state index in [-0.39, 0.29) is 5.91 Å². The minimum Gasteiger partial charge on any atom is -0.497 e. The number of morpholine rings is 1. The fourth-order valence-electron chi connectivity index (χ4n) is 3.43. The summed E-state index contributed by atoms with van der Waals surface area (Å²) in [6, 6.07) is 13.4. The predicted octanol–water partition coefficient (Wildman–Crippen LogP) is 3.06. The van der Waals surface area contributed by atoms with E-state index < -0.39 is 0 Å². The number of amides is 1. The second-order valence-corrected chi connectivity index (χ2v) is 8.01. The van der Waals surface area contributed by atoms with Crippen molar-refractivity contribution in [3.05, 3.63) is 53.5 Å². The van der Waals surface area contributed by atoms with E-state index in [1.807, 2.05) is 47.8 Å². The van der Waals surface area contributed by atoms with Gasteiger partial charge in [0.25, 0.3) is 5.91 Å². The number of aromatic nitrogens is 2. The summed E-state index contributed by atoms with van der Waals surface area (Å²) in [5.74, 6) is 0.640. The summed E-state index contributed by atoms with van der Waals surface area (Å²) in [5.41, 5.74) is 2.13. The van der Waals surface area contributed by atoms with Gasteiger partial charge in [0.15, 0.2) is 0 Å². The fraction of sp³-hybridized carbons (Fsp3) is 0.364. The molecule has 7 nitrogen and oxygen atoms in total. The second-order valence-electron chi connectivity index (χ2n) is 7.07. The van der Waals surface area contributed by atoms with Crippen molar-refractivity contribution < 1.29 is 14.3 Å². The molecule has 3 heterocycles. The van der Waals surface area contributed by atoms with Crippen LogP contribution in [-0.4, -0.2) is 67.1 Å². The molecule has 3 aromatic rings. The minimum absolute atomic E-state index is 0.122. The van der Waals surface area contributed by atoms with Crippen molar-refractivity contribution in [1.82, 2.24) is 20.0 Å². The number of carbonyl (C=O) groups is 1. The number of hydrogen-bond donors (Lipinski definition) is 1. The Morgan fingerprint density at radius 3 is 2.73 bits per heavy atom. The maximum Gasteiger partial charge on any atom is 0.270 e. The van der Waals surface area contributed by atoms with Crippen LogP contribution in [0.5, 0.6) is 5.75 Å². The Bertz CT molecular complexity index is 947. The van der Waals surface area contributed by atoms with Gasteiger partial charge in [0.05, 0.1) is 30.9 Å². The SMILES string of the molecule is COc1ccc(-n2nc(-c3cccs3)cc2C(=O)NCCCN2CCOCC2)cc1. The van der Waals surface area contributed by atoms with Crippen LogP contribution in [0.2, 0.25) is 0 Å². The van der Waals surface area contributed by atoms with Crippen LogP contribution in [0.25, 0.3) is 16.3 Å². The molecule has 0 saturated carbocycles. The summed E-state index contributed by atoms with van der Waals surface area (Å²) in [6.45, 7) is 5.09. The first kappa shape index (κ1) is 20.6. The largest absolute Gasteiger partial charge is 0.497 e. The lowest BCUT2D eigenvalue weighted by Gasteiger charge is -2.26. The molecule has 0 radical (unpaired) electrons. The van der Waals surface area contributed by atoms with E-state index in [4.69, 9.17) is 14.6 Å². The van der Waals surface area contributed by atoms with Crippen LogP contribution in [-0.2, 0) is 4.74 Å². The molecule has 0 bridgehead atoms. The normalized spacial score (nSPS) is 14.6. The van der Waals surface area contributed by atoms with Crippen LogP contribution >= 0.6 is 11.3 Å². The van der Waals surface area contributed by atoms with Gasteiger partial charge in [-0.3, -0.25) is 9.69 Å². The van der Waals surface area contributed by atoms with Crippen molar-refractivity contribution in [2.75, 3.05) is 46.5 Å². The second kappa shape index (κ2) is 9.88. The zero-order chi connectivity index (χ0) is 20.8. The molecular weight excluding hydrogens is 400 g/mol. The number of carbonyl (C=O) groups excluding carboxylic acids is 1. The van der Waals surface area contributed by atoms with Gasteiger partial charge in [0.2, 0.25) is 0 Å². The zero-order valence-corrected chi connectivity index (χ0v) is 17.9. The highest BCUT2D eigenvalue weighted by Crippen LogP contribution is 2.26. The third-order valence-electron chi connectivity index (χ3n) is 5.07. The fourth-order valence-corrected chi connectivity index (χ4v) is 4.11. The Hall–Kier alpha value is -2.68. The first-order chi connectivity index (χ1) is 14.7. The van der Waals surface area contributed by atoms with E-state index in [9.17, 15) is 4.79 Å². The molecule has 1 N–H and O–H groups in total. The Balaban J connectivity index is 1.47. The molecule has 1 aromatic carbocycles. The summed E-state index contributed by atoms with van der Waals surface area (Å²) >= 11 is 1.61. The molecule has 0 unspecified atom stereocenters. The minimum atomic E-state index is -0.122. The molecule has 1 saturated heterocycles. The van der Waals surface area contributed by atoms with Crippen LogP contribution in [0.4, 0.5) is 0 Å². The van der Waals surface area contributed by atoms with Gasteiger partial charge in [0.1, 0.15) is 17.1 Å². The van der Waals surface area contributed by atoms with Gasteiger partial charge < -0.3 is 14.8 Å². The molecule has 0 atom stereocenters. The number of nitrogens with zero attached hydrogens (tertiary/aromatic N) is 3. The highest BCUT2D eigenvalue weighted by molar-refractivity contribution is 7.13. The van der Waals surface area contributed by atoms with Gasteiger partial charge in [-0.25, -0.2) is 4.68 Å². The van der Waals surface area contributed by atoms with Crippen LogP contribution in [0.15, 0.2) is 47.8 Å². The lowest BCUT2D eigenvalue weighted by molar-refractivity contribution is 0.0374. The van der Waals surface area contributed by atoms with Crippen LogP contribution in [0, 0.1) is 0 Å². The van der Waals surface area contributed by atoms with Gasteiger partial charge in [-0.1, -0.05) is 6.07 Å². The molecule has 1 aliphatic heterocycles. The van der Waals surface area contributed by atoms with Gasteiger partial charge in [0, 0.05) is 19.6 Å². The third kappa shape index (κ3) is 4.89. The van der Waals surface area contributed by atoms with Gasteiger partial charge in [-0.05, 0) is 54.7 Å². The summed E-state index contributed by atoms with van der Waals surface area (Å²) in [5, 5.41) is 9.76. The van der Waals surface area contributed by atoms with Crippen molar-refractivity contribution in [1.29, 1.82) is 0 Å². The molecule has 4 rings (SSSR count). The highest BCUT2D eigenvalue weighted by atomic mass is 32.1. The first-order valence-corrected chi connectivity index (χ1v) is 11.0. The first-order valence-electron chi connectivity index (χ1n) is 10.1. The van der Waals surface area contributed by atoms with E-state index in [0.717, 1.165) is 61.3 Å². The quantitative estimate of drug-likeness (QED) is 0.561. The number of methoxy groups -OCH3 is 1. The number of benzene rings is 1. The summed E-state index contributed by atoms with van der Waals surface area (Å²) < 4.78 is 12.3. The predicted molar refractivity (Wildman–Crippen MR) is 118 cm³/mol. The summed E-state index contributed by atoms with van der Waals surface area (Å²) in [7, 11) is 1.63. The van der Waals surface area contributed by atoms with Gasteiger partial charge in [-0.15, -0.1) is 11.3 Å². The Kier molecular flexibility index (Phi) is 6.78. The Labute approximate surface area is 180 Å². The zero-order valence-electron chi connectivity index (χ0n) is 17.0. The topological polar surface area (TPSA) is 68.6 Å². The van der Waals surface area contributed by atoms with E-state index in [1.165, 1.54) is 0 Å². The monoisotopic (exact) mass is 426 g/mol. The molecule has 1 fully saturated rings. The van der Waals surface area contributed by atoms with Crippen molar-refractivity contribution in [3.63, 3.8) is 0 Å². The van der Waals surface area contributed by atoms with Gasteiger partial charge >= 0.3 is 0 Å². The number of rotatable bonds is 8. The van der Waals surface area contributed by atoms with Crippen molar-refractivity contribution >= 4 is 17.2 Å². The number of hydrogen-bond acceptors (Lipinski definition) is 6. The summed E-state index contributed by atoms with van der Waals surface area (Å²) in [4.78, 5) is 16.4. The standard InChI is InChI=1S/C22H26N4O3S/c1-28-18-7-5-17(6-8-18)26-20(16-19(24-26)21-4-2-15-30-21)22(27)23-9-3-10-25-11-13-29-14-12-25/h2,4-8,15-16H,3,9-14H2,1H3,(H,23,27). The number of nitrogens with one attached hydrogen (secondary N) is 1. The molecule has 158 valence electrons. The van der Waals surface area contributed by atoms with Gasteiger partial charge in [-0.2, -0.15) is 5.10 Å². The smallest absolute Gasteiger partial charge is 0.270 e. The Morgan fingerprint density at radius 2 is 2.03 bits per heavy atom. The molecule has 0 spiro atoms. The van der Waals surface area contributed by atoms with Crippen molar-refractivity contribution in [2.24, 2.45) is 0 Å². The molecular formula is C22H26N4O3S. The summed E-state index contributed by atoms with van der Waals surface area (Å²) in [6.07, 6.45) is 0.903. The lowest BCUT2D eigenvalue weighted by Crippen LogP contribution is -2.38. The molecule has 30 heavy (non-hydrogen) atoms. The molecule has 8 heteroatoms. The number of ether oxygens (including phenoxy) is 2. The van der Waals surface area contributed by atoms with E-state index in [0.29, 0.717) is 12.2 Å². The maximum atomic E-state index is 13.0. The lowest BCUT2D eigenvalue weighted by atomic mass is 10.2. The molecule has 2 aromatic heterocycles. The van der Waals surface area contributed by atoms with Crippen LogP contribution < -0.4 is 10.1 Å². The van der Waals surface area contributed by atoms with E-state index >= 15 is 0 Å². The Morgan fingerprint density at radius 1 is 1.23 bits per heavy atom. The molecule has 1 aliphatic rings. The molecule has 1 amide bonds. The van der Waals surface area contributed by atoms with E-state index in [2.05, 4.69) is 10.2 Å². The maximum absolute atomic E-state index is 13.0.